The van der Waals surface area contributed by atoms with Gasteiger partial charge in [0.05, 0.1) is 0 Å². The number of benzene rings is 1. The van der Waals surface area contributed by atoms with Gasteiger partial charge in [0.15, 0.2) is 0 Å². The summed E-state index contributed by atoms with van der Waals surface area (Å²) in [5.74, 6) is 0.808. The third-order valence-corrected chi connectivity index (χ3v) is 3.70. The zero-order chi connectivity index (χ0) is 11.5. The van der Waals surface area contributed by atoms with E-state index in [2.05, 4.69) is 50.1 Å². The second-order valence-corrected chi connectivity index (χ2v) is 5.42. The Morgan fingerprint density at radius 2 is 2.06 bits per heavy atom. The lowest BCUT2D eigenvalue weighted by atomic mass is 9.89. The Bertz CT molecular complexity index is 343. The van der Waals surface area contributed by atoms with E-state index >= 15 is 0 Å². The number of hydrogen-bond acceptors (Lipinski definition) is 1. The van der Waals surface area contributed by atoms with Crippen molar-refractivity contribution in [3.63, 3.8) is 0 Å². The van der Waals surface area contributed by atoms with Gasteiger partial charge in [0.1, 0.15) is 0 Å². The summed E-state index contributed by atoms with van der Waals surface area (Å²) in [5, 5.41) is 0. The van der Waals surface area contributed by atoms with Gasteiger partial charge in [0, 0.05) is 12.6 Å². The fraction of sp³-hybridized carbons (Fsp3) is 0.600. The van der Waals surface area contributed by atoms with Crippen molar-refractivity contribution < 1.29 is 0 Å². The van der Waals surface area contributed by atoms with Crippen LogP contribution in [0.1, 0.15) is 43.9 Å². The van der Waals surface area contributed by atoms with Crippen LogP contribution in [-0.4, -0.2) is 18.5 Å². The quantitative estimate of drug-likeness (QED) is 0.747. The molecular formula is C15H23N. The summed E-state index contributed by atoms with van der Waals surface area (Å²) in [6.45, 7) is 5.84. The Kier molecular flexibility index (Phi) is 3.65. The highest BCUT2D eigenvalue weighted by molar-refractivity contribution is 5.32. The molecule has 1 aliphatic rings. The summed E-state index contributed by atoms with van der Waals surface area (Å²) < 4.78 is 0. The highest BCUT2D eigenvalue weighted by Gasteiger charge is 2.23. The molecule has 16 heavy (non-hydrogen) atoms. The molecule has 1 aliphatic heterocycles. The molecule has 2 rings (SSSR count). The minimum absolute atomic E-state index is 0.646. The van der Waals surface area contributed by atoms with E-state index in [1.54, 1.807) is 11.1 Å². The molecule has 1 nitrogen and oxygen atoms in total. The molecule has 0 bridgehead atoms. The highest BCUT2D eigenvalue weighted by Crippen LogP contribution is 2.32. The van der Waals surface area contributed by atoms with E-state index in [0.717, 1.165) is 5.92 Å². The Hall–Kier alpha value is -0.820. The van der Waals surface area contributed by atoms with Gasteiger partial charge in [-0.25, -0.2) is 0 Å². The molecule has 0 N–H and O–H groups in total. The van der Waals surface area contributed by atoms with Crippen molar-refractivity contribution in [2.45, 2.75) is 39.2 Å². The predicted molar refractivity (Wildman–Crippen MR) is 69.6 cm³/mol. The standard InChI is InChI=1S/C15H23N/c1-12(2)8-9-15-14-7-5-4-6-13(14)10-11-16(15)3/h4-7,12,15H,8-11H2,1-3H3/t15-/m1/s1. The molecule has 0 spiro atoms. The zero-order valence-electron chi connectivity index (χ0n) is 10.7. The SMILES string of the molecule is CC(C)CC[C@@H]1c2ccccc2CCN1C. The molecule has 1 atom stereocenters. The molecule has 1 heteroatoms. The van der Waals surface area contributed by atoms with Crippen LogP contribution in [-0.2, 0) is 6.42 Å². The van der Waals surface area contributed by atoms with E-state index in [1.807, 2.05) is 0 Å². The van der Waals surface area contributed by atoms with Crippen molar-refractivity contribution in [2.75, 3.05) is 13.6 Å². The normalized spacial score (nSPS) is 21.1. The third kappa shape index (κ3) is 2.46. The molecule has 0 unspecified atom stereocenters. The molecule has 0 saturated heterocycles. The van der Waals surface area contributed by atoms with Crippen molar-refractivity contribution in [2.24, 2.45) is 5.92 Å². The van der Waals surface area contributed by atoms with Crippen molar-refractivity contribution in [3.05, 3.63) is 35.4 Å². The summed E-state index contributed by atoms with van der Waals surface area (Å²) in [6, 6.07) is 9.61. The molecular weight excluding hydrogens is 194 g/mol. The summed E-state index contributed by atoms with van der Waals surface area (Å²) in [4.78, 5) is 2.52. The van der Waals surface area contributed by atoms with E-state index in [9.17, 15) is 0 Å². The third-order valence-electron chi connectivity index (χ3n) is 3.70. The number of rotatable bonds is 3. The Balaban J connectivity index is 2.16. The molecule has 0 saturated carbocycles. The van der Waals surface area contributed by atoms with Gasteiger partial charge in [-0.05, 0) is 43.4 Å². The summed E-state index contributed by atoms with van der Waals surface area (Å²) in [7, 11) is 2.26. The van der Waals surface area contributed by atoms with Gasteiger partial charge in [0.2, 0.25) is 0 Å². The fourth-order valence-corrected chi connectivity index (χ4v) is 2.64. The van der Waals surface area contributed by atoms with Crippen LogP contribution in [0.2, 0.25) is 0 Å². The van der Waals surface area contributed by atoms with Crippen LogP contribution in [0.4, 0.5) is 0 Å². The van der Waals surface area contributed by atoms with Gasteiger partial charge < -0.3 is 0 Å². The maximum Gasteiger partial charge on any atom is 0.0348 e. The lowest BCUT2D eigenvalue weighted by Gasteiger charge is -2.35. The van der Waals surface area contributed by atoms with Gasteiger partial charge in [-0.1, -0.05) is 38.1 Å². The van der Waals surface area contributed by atoms with Crippen LogP contribution in [0.3, 0.4) is 0 Å². The van der Waals surface area contributed by atoms with E-state index in [-0.39, 0.29) is 0 Å². The Labute approximate surface area is 99.5 Å². The van der Waals surface area contributed by atoms with E-state index < -0.39 is 0 Å². The molecule has 1 aromatic rings. The Morgan fingerprint density at radius 1 is 1.31 bits per heavy atom. The molecule has 0 radical (unpaired) electrons. The molecule has 0 aromatic heterocycles. The lowest BCUT2D eigenvalue weighted by Crippen LogP contribution is -2.32. The predicted octanol–water partition coefficient (Wildman–Crippen LogP) is 3.65. The topological polar surface area (TPSA) is 3.24 Å². The maximum absolute atomic E-state index is 2.52. The van der Waals surface area contributed by atoms with Crippen molar-refractivity contribution >= 4 is 0 Å². The monoisotopic (exact) mass is 217 g/mol. The van der Waals surface area contributed by atoms with Gasteiger partial charge in [-0.3, -0.25) is 4.90 Å². The first-order chi connectivity index (χ1) is 7.68. The van der Waals surface area contributed by atoms with Crippen LogP contribution in [0.15, 0.2) is 24.3 Å². The van der Waals surface area contributed by atoms with Gasteiger partial charge in [0.25, 0.3) is 0 Å². The van der Waals surface area contributed by atoms with Crippen LogP contribution in [0, 0.1) is 5.92 Å². The average Bonchev–Trinajstić information content (AvgIpc) is 2.27. The molecule has 0 aliphatic carbocycles. The van der Waals surface area contributed by atoms with Gasteiger partial charge >= 0.3 is 0 Å². The van der Waals surface area contributed by atoms with E-state index in [1.165, 1.54) is 25.8 Å². The molecule has 0 fully saturated rings. The molecule has 1 aromatic carbocycles. The maximum atomic E-state index is 2.52. The van der Waals surface area contributed by atoms with Crippen LogP contribution in [0.25, 0.3) is 0 Å². The average molecular weight is 217 g/mol. The van der Waals surface area contributed by atoms with E-state index in [4.69, 9.17) is 0 Å². The summed E-state index contributed by atoms with van der Waals surface area (Å²) in [6.07, 6.45) is 3.83. The smallest absolute Gasteiger partial charge is 0.0348 e. The molecule has 88 valence electrons. The zero-order valence-corrected chi connectivity index (χ0v) is 10.7. The Morgan fingerprint density at radius 3 is 2.81 bits per heavy atom. The number of nitrogens with zero attached hydrogens (tertiary/aromatic N) is 1. The van der Waals surface area contributed by atoms with Crippen LogP contribution in [0.5, 0.6) is 0 Å². The molecule has 0 amide bonds. The van der Waals surface area contributed by atoms with Crippen LogP contribution >= 0.6 is 0 Å². The summed E-state index contributed by atoms with van der Waals surface area (Å²) in [5.41, 5.74) is 3.13. The fourth-order valence-electron chi connectivity index (χ4n) is 2.64. The van der Waals surface area contributed by atoms with Crippen molar-refractivity contribution in [1.82, 2.24) is 4.90 Å². The second-order valence-electron chi connectivity index (χ2n) is 5.42. The minimum Gasteiger partial charge on any atom is -0.299 e. The molecule has 1 heterocycles. The first-order valence-electron chi connectivity index (χ1n) is 6.46. The van der Waals surface area contributed by atoms with Crippen molar-refractivity contribution in [3.8, 4) is 0 Å². The van der Waals surface area contributed by atoms with Crippen molar-refractivity contribution in [1.29, 1.82) is 0 Å². The van der Waals surface area contributed by atoms with Crippen LogP contribution < -0.4 is 0 Å². The first-order valence-corrected chi connectivity index (χ1v) is 6.46. The summed E-state index contributed by atoms with van der Waals surface area (Å²) >= 11 is 0. The largest absolute Gasteiger partial charge is 0.299 e. The second kappa shape index (κ2) is 5.01. The number of fused-ring (bicyclic) bond motifs is 1. The highest BCUT2D eigenvalue weighted by atomic mass is 15.1. The first kappa shape index (κ1) is 11.7. The lowest BCUT2D eigenvalue weighted by molar-refractivity contribution is 0.210. The minimum atomic E-state index is 0.646. The van der Waals surface area contributed by atoms with E-state index in [0.29, 0.717) is 6.04 Å². The number of hydrogen-bond donors (Lipinski definition) is 0. The van der Waals surface area contributed by atoms with Gasteiger partial charge in [-0.15, -0.1) is 0 Å². The van der Waals surface area contributed by atoms with Gasteiger partial charge in [-0.2, -0.15) is 0 Å². The number of likely N-dealkylation sites (N-methyl/N-ethyl adjacent to an activating group) is 1.